The molecule has 1 aromatic heterocycles. The second-order valence-electron chi connectivity index (χ2n) is 7.00. The van der Waals surface area contributed by atoms with E-state index in [1.165, 1.54) is 11.3 Å². The second kappa shape index (κ2) is 9.79. The minimum absolute atomic E-state index is 0.537. The Bertz CT molecular complexity index is 1360. The van der Waals surface area contributed by atoms with Gasteiger partial charge in [-0.05, 0) is 29.0 Å². The number of benzene rings is 3. The van der Waals surface area contributed by atoms with Gasteiger partial charge in [-0.25, -0.2) is 4.68 Å². The summed E-state index contributed by atoms with van der Waals surface area (Å²) in [5.74, 6) is 2.42. The summed E-state index contributed by atoms with van der Waals surface area (Å²) in [6.45, 7) is 0. The minimum atomic E-state index is 0.537. The third kappa shape index (κ3) is 4.17. The molecule has 8 heteroatoms. The van der Waals surface area contributed by atoms with Gasteiger partial charge in [-0.3, -0.25) is 4.99 Å². The minimum Gasteiger partial charge on any atom is -0.496 e. The van der Waals surface area contributed by atoms with Crippen LogP contribution in [0.3, 0.4) is 0 Å². The Kier molecular flexibility index (Phi) is 6.65. The lowest BCUT2D eigenvalue weighted by Gasteiger charge is -2.14. The first-order valence-corrected chi connectivity index (χ1v) is 11.1. The van der Waals surface area contributed by atoms with E-state index in [9.17, 15) is 0 Å². The molecule has 4 aromatic rings. The molecule has 4 rings (SSSR count). The van der Waals surface area contributed by atoms with E-state index in [1.54, 1.807) is 40.2 Å². The van der Waals surface area contributed by atoms with Crippen molar-refractivity contribution in [2.45, 2.75) is 0 Å². The number of thiazole rings is 1. The predicted molar refractivity (Wildman–Crippen MR) is 132 cm³/mol. The fourth-order valence-corrected chi connectivity index (χ4v) is 4.50. The average molecular weight is 464 g/mol. The smallest absolute Gasteiger partial charge is 0.205 e. The summed E-state index contributed by atoms with van der Waals surface area (Å²) in [6.07, 6.45) is 1.81. The topological polar surface area (TPSA) is 66.6 Å². The van der Waals surface area contributed by atoms with E-state index in [-0.39, 0.29) is 0 Å². The molecule has 0 fully saturated rings. The van der Waals surface area contributed by atoms with Crippen molar-refractivity contribution in [3.8, 4) is 34.3 Å². The van der Waals surface area contributed by atoms with Crippen LogP contribution < -0.4 is 23.7 Å². The summed E-state index contributed by atoms with van der Waals surface area (Å²) in [5, 5.41) is 8.98. The van der Waals surface area contributed by atoms with E-state index in [0.717, 1.165) is 38.1 Å². The van der Waals surface area contributed by atoms with Crippen LogP contribution in [0.25, 0.3) is 22.0 Å². The maximum Gasteiger partial charge on any atom is 0.205 e. The number of hydrogen-bond acceptors (Lipinski definition) is 7. The zero-order valence-corrected chi connectivity index (χ0v) is 20.0. The number of rotatable bonds is 7. The van der Waals surface area contributed by atoms with Crippen LogP contribution in [0.4, 0.5) is 0 Å². The van der Waals surface area contributed by atoms with Crippen LogP contribution in [0.5, 0.6) is 23.0 Å². The van der Waals surface area contributed by atoms with Gasteiger partial charge in [0, 0.05) is 23.6 Å². The Morgan fingerprint density at radius 2 is 1.55 bits per heavy atom. The molecule has 0 unspecified atom stereocenters. The Morgan fingerprint density at radius 3 is 2.18 bits per heavy atom. The van der Waals surface area contributed by atoms with Crippen molar-refractivity contribution in [2.75, 3.05) is 35.5 Å². The first-order valence-electron chi connectivity index (χ1n) is 10.2. The van der Waals surface area contributed by atoms with Crippen molar-refractivity contribution >= 4 is 28.3 Å². The lowest BCUT2D eigenvalue weighted by atomic mass is 10.0. The van der Waals surface area contributed by atoms with E-state index >= 15 is 0 Å². The largest absolute Gasteiger partial charge is 0.496 e. The quantitative estimate of drug-likeness (QED) is 0.369. The Balaban J connectivity index is 1.89. The molecule has 170 valence electrons. The number of hydrogen-bond donors (Lipinski definition) is 0. The molecule has 0 aliphatic rings. The zero-order chi connectivity index (χ0) is 23.4. The maximum atomic E-state index is 5.61. The molecule has 0 radical (unpaired) electrons. The molecule has 0 bridgehead atoms. The molecular formula is C25H25N3O4S. The van der Waals surface area contributed by atoms with Gasteiger partial charge in [-0.15, -0.1) is 11.3 Å². The standard InChI is InChI=1S/C25H25N3O4S/c1-26-25-28(27-14-19-18-9-7-6-8-16(18)10-11-21(19)29-2)20(15-33-25)17-12-22(30-3)24(32-5)23(13-17)31-4/h6-15H,1-5H3. The van der Waals surface area contributed by atoms with Crippen LogP contribution in [0.1, 0.15) is 5.56 Å². The Morgan fingerprint density at radius 1 is 0.848 bits per heavy atom. The molecule has 0 aliphatic carbocycles. The van der Waals surface area contributed by atoms with Crippen molar-refractivity contribution in [3.05, 3.63) is 64.3 Å². The van der Waals surface area contributed by atoms with E-state index < -0.39 is 0 Å². The van der Waals surface area contributed by atoms with Crippen LogP contribution in [0.15, 0.2) is 64.0 Å². The molecule has 0 amide bonds. The van der Waals surface area contributed by atoms with Crippen molar-refractivity contribution in [1.29, 1.82) is 0 Å². The molecule has 0 N–H and O–H groups in total. The van der Waals surface area contributed by atoms with Crippen LogP contribution in [0, 0.1) is 0 Å². The molecule has 1 heterocycles. The van der Waals surface area contributed by atoms with Gasteiger partial charge < -0.3 is 18.9 Å². The van der Waals surface area contributed by atoms with E-state index in [1.807, 2.05) is 48.0 Å². The monoisotopic (exact) mass is 463 g/mol. The van der Waals surface area contributed by atoms with Gasteiger partial charge in [-0.2, -0.15) is 5.10 Å². The predicted octanol–water partition coefficient (Wildman–Crippen LogP) is 4.82. The normalized spacial score (nSPS) is 11.8. The molecule has 0 saturated carbocycles. The van der Waals surface area contributed by atoms with Crippen molar-refractivity contribution in [2.24, 2.45) is 10.1 Å². The lowest BCUT2D eigenvalue weighted by Crippen LogP contribution is -2.12. The van der Waals surface area contributed by atoms with E-state index in [4.69, 9.17) is 24.0 Å². The summed E-state index contributed by atoms with van der Waals surface area (Å²) in [5.41, 5.74) is 2.60. The highest BCUT2D eigenvalue weighted by Crippen LogP contribution is 2.41. The van der Waals surface area contributed by atoms with E-state index in [0.29, 0.717) is 17.2 Å². The molecular weight excluding hydrogens is 438 g/mol. The molecule has 0 atom stereocenters. The second-order valence-corrected chi connectivity index (χ2v) is 7.84. The molecule has 3 aromatic carbocycles. The summed E-state index contributed by atoms with van der Waals surface area (Å²) in [4.78, 5) is 5.15. The third-order valence-corrected chi connectivity index (χ3v) is 6.20. The van der Waals surface area contributed by atoms with Crippen molar-refractivity contribution in [1.82, 2.24) is 4.68 Å². The summed E-state index contributed by atoms with van der Waals surface area (Å²) in [6, 6.07) is 15.9. The highest BCUT2D eigenvalue weighted by atomic mass is 32.1. The number of ether oxygens (including phenoxy) is 4. The van der Waals surface area contributed by atoms with Crippen molar-refractivity contribution < 1.29 is 18.9 Å². The molecule has 0 saturated heterocycles. The number of methoxy groups -OCH3 is 4. The van der Waals surface area contributed by atoms with Gasteiger partial charge in [0.05, 0.1) is 40.3 Å². The first-order chi connectivity index (χ1) is 16.1. The first kappa shape index (κ1) is 22.4. The van der Waals surface area contributed by atoms with Gasteiger partial charge in [0.2, 0.25) is 10.6 Å². The summed E-state index contributed by atoms with van der Waals surface area (Å²) >= 11 is 1.50. The number of nitrogens with zero attached hydrogens (tertiary/aromatic N) is 3. The maximum absolute atomic E-state index is 5.61. The summed E-state index contributed by atoms with van der Waals surface area (Å²) < 4.78 is 23.9. The van der Waals surface area contributed by atoms with Gasteiger partial charge >= 0.3 is 0 Å². The van der Waals surface area contributed by atoms with Crippen LogP contribution >= 0.6 is 11.3 Å². The van der Waals surface area contributed by atoms with Crippen LogP contribution in [-0.2, 0) is 0 Å². The highest BCUT2D eigenvalue weighted by molar-refractivity contribution is 7.07. The Labute approximate surface area is 196 Å². The molecule has 0 spiro atoms. The summed E-state index contributed by atoms with van der Waals surface area (Å²) in [7, 11) is 8.18. The molecule has 33 heavy (non-hydrogen) atoms. The molecule has 7 nitrogen and oxygen atoms in total. The van der Waals surface area contributed by atoms with Crippen LogP contribution in [-0.4, -0.2) is 46.4 Å². The van der Waals surface area contributed by atoms with Crippen LogP contribution in [0.2, 0.25) is 0 Å². The fourth-order valence-electron chi connectivity index (χ4n) is 3.69. The zero-order valence-electron chi connectivity index (χ0n) is 19.2. The van der Waals surface area contributed by atoms with E-state index in [2.05, 4.69) is 17.1 Å². The van der Waals surface area contributed by atoms with Gasteiger partial charge in [0.1, 0.15) is 5.75 Å². The van der Waals surface area contributed by atoms with Gasteiger partial charge in [-0.1, -0.05) is 30.3 Å². The van der Waals surface area contributed by atoms with Gasteiger partial charge in [0.15, 0.2) is 11.5 Å². The third-order valence-electron chi connectivity index (χ3n) is 5.29. The number of aromatic nitrogens is 1. The number of fused-ring (bicyclic) bond motifs is 1. The van der Waals surface area contributed by atoms with Crippen molar-refractivity contribution in [3.63, 3.8) is 0 Å². The fraction of sp³-hybridized carbons (Fsp3) is 0.200. The SMILES string of the molecule is CN=c1scc(-c2cc(OC)c(OC)c(OC)c2)n1N=Cc1c(OC)ccc2ccccc12. The molecule has 0 aliphatic heterocycles. The lowest BCUT2D eigenvalue weighted by molar-refractivity contribution is 0.324. The Hall–Kier alpha value is -3.78. The highest BCUT2D eigenvalue weighted by Gasteiger charge is 2.17. The van der Waals surface area contributed by atoms with Gasteiger partial charge in [0.25, 0.3) is 0 Å². The average Bonchev–Trinajstić information content (AvgIpc) is 3.28.